The first-order valence-electron chi connectivity index (χ1n) is 6.58. The van der Waals surface area contributed by atoms with Gasteiger partial charge in [0.1, 0.15) is 0 Å². The normalized spacial score (nSPS) is 24.9. The molecule has 0 aliphatic heterocycles. The van der Waals surface area contributed by atoms with E-state index in [9.17, 15) is 4.79 Å². The SMILES string of the molecule is CCCCOC1CC(NC(=O)CNC)C1(C)C.Cl. The van der Waals surface area contributed by atoms with Crippen molar-refractivity contribution < 1.29 is 9.53 Å². The zero-order valence-corrected chi connectivity index (χ0v) is 12.7. The van der Waals surface area contributed by atoms with Gasteiger partial charge >= 0.3 is 0 Å². The molecule has 1 aliphatic rings. The second-order valence-corrected chi connectivity index (χ2v) is 5.42. The molecule has 2 atom stereocenters. The van der Waals surface area contributed by atoms with Crippen LogP contribution in [-0.2, 0) is 9.53 Å². The minimum absolute atomic E-state index is 0. The van der Waals surface area contributed by atoms with Crippen LogP contribution in [0.3, 0.4) is 0 Å². The van der Waals surface area contributed by atoms with Crippen LogP contribution in [-0.4, -0.2) is 38.3 Å². The lowest BCUT2D eigenvalue weighted by molar-refractivity contribution is -0.137. The third kappa shape index (κ3) is 4.41. The van der Waals surface area contributed by atoms with Crippen molar-refractivity contribution >= 4 is 18.3 Å². The van der Waals surface area contributed by atoms with E-state index < -0.39 is 0 Å². The summed E-state index contributed by atoms with van der Waals surface area (Å²) in [7, 11) is 1.78. The summed E-state index contributed by atoms with van der Waals surface area (Å²) in [6, 6.07) is 0.245. The Morgan fingerprint density at radius 3 is 2.61 bits per heavy atom. The van der Waals surface area contributed by atoms with E-state index in [-0.39, 0.29) is 35.9 Å². The fraction of sp³-hybridized carbons (Fsp3) is 0.923. The Hall–Kier alpha value is -0.320. The maximum atomic E-state index is 11.5. The molecule has 18 heavy (non-hydrogen) atoms. The Bertz CT molecular complexity index is 259. The molecule has 0 saturated heterocycles. The van der Waals surface area contributed by atoms with Crippen molar-refractivity contribution in [1.29, 1.82) is 0 Å². The first-order chi connectivity index (χ1) is 8.02. The van der Waals surface area contributed by atoms with Gasteiger partial charge in [-0.3, -0.25) is 4.79 Å². The molecule has 1 amide bonds. The van der Waals surface area contributed by atoms with Crippen LogP contribution in [0.25, 0.3) is 0 Å². The van der Waals surface area contributed by atoms with Crippen molar-refractivity contribution in [3.63, 3.8) is 0 Å². The van der Waals surface area contributed by atoms with Gasteiger partial charge in [0, 0.05) is 18.1 Å². The molecule has 0 spiro atoms. The number of amides is 1. The number of hydrogen-bond donors (Lipinski definition) is 2. The lowest BCUT2D eigenvalue weighted by Crippen LogP contribution is -2.62. The third-order valence-electron chi connectivity index (χ3n) is 3.67. The van der Waals surface area contributed by atoms with Crippen LogP contribution in [0.4, 0.5) is 0 Å². The van der Waals surface area contributed by atoms with Gasteiger partial charge in [-0.05, 0) is 19.9 Å². The summed E-state index contributed by atoms with van der Waals surface area (Å²) in [5.41, 5.74) is 0.0527. The van der Waals surface area contributed by atoms with Crippen molar-refractivity contribution in [2.24, 2.45) is 5.41 Å². The van der Waals surface area contributed by atoms with E-state index in [2.05, 4.69) is 31.4 Å². The van der Waals surface area contributed by atoms with Crippen LogP contribution in [0.5, 0.6) is 0 Å². The Kier molecular flexibility index (Phi) is 7.83. The molecule has 1 aliphatic carbocycles. The maximum Gasteiger partial charge on any atom is 0.234 e. The fourth-order valence-electron chi connectivity index (χ4n) is 2.19. The Labute approximate surface area is 117 Å². The van der Waals surface area contributed by atoms with E-state index in [1.807, 2.05) is 0 Å². The lowest BCUT2D eigenvalue weighted by Gasteiger charge is -2.51. The monoisotopic (exact) mass is 278 g/mol. The lowest BCUT2D eigenvalue weighted by atomic mass is 9.64. The van der Waals surface area contributed by atoms with E-state index in [1.165, 1.54) is 0 Å². The molecule has 2 unspecified atom stereocenters. The van der Waals surface area contributed by atoms with Crippen molar-refractivity contribution in [3.05, 3.63) is 0 Å². The molecular formula is C13H27ClN2O2. The number of ether oxygens (including phenoxy) is 1. The average molecular weight is 279 g/mol. The van der Waals surface area contributed by atoms with Gasteiger partial charge in [-0.2, -0.15) is 0 Å². The quantitative estimate of drug-likeness (QED) is 0.698. The molecule has 1 saturated carbocycles. The van der Waals surface area contributed by atoms with Crippen molar-refractivity contribution in [2.45, 2.75) is 52.2 Å². The van der Waals surface area contributed by atoms with Gasteiger partial charge in [-0.1, -0.05) is 27.2 Å². The number of hydrogen-bond acceptors (Lipinski definition) is 3. The summed E-state index contributed by atoms with van der Waals surface area (Å²) in [4.78, 5) is 11.5. The van der Waals surface area contributed by atoms with E-state index in [0.717, 1.165) is 25.9 Å². The molecule has 2 N–H and O–H groups in total. The molecule has 5 heteroatoms. The topological polar surface area (TPSA) is 50.4 Å². The number of carbonyl (C=O) groups is 1. The summed E-state index contributed by atoms with van der Waals surface area (Å²) >= 11 is 0. The highest BCUT2D eigenvalue weighted by Gasteiger charge is 2.49. The summed E-state index contributed by atoms with van der Waals surface area (Å²) in [6.45, 7) is 7.71. The summed E-state index contributed by atoms with van der Waals surface area (Å²) in [5.74, 6) is 0.0672. The predicted molar refractivity (Wildman–Crippen MR) is 76.2 cm³/mol. The van der Waals surface area contributed by atoms with Crippen LogP contribution in [0, 0.1) is 5.41 Å². The van der Waals surface area contributed by atoms with Crippen LogP contribution >= 0.6 is 12.4 Å². The van der Waals surface area contributed by atoms with Gasteiger partial charge in [0.25, 0.3) is 0 Å². The standard InChI is InChI=1S/C13H26N2O2.ClH/c1-5-6-7-17-11-8-10(13(11,2)3)15-12(16)9-14-4;/h10-11,14H,5-9H2,1-4H3,(H,15,16);1H. The summed E-state index contributed by atoms with van der Waals surface area (Å²) in [5, 5.41) is 5.90. The molecule has 4 nitrogen and oxygen atoms in total. The Balaban J connectivity index is 0.00000289. The van der Waals surface area contributed by atoms with Crippen LogP contribution in [0.1, 0.15) is 40.0 Å². The van der Waals surface area contributed by atoms with Gasteiger partial charge in [-0.15, -0.1) is 12.4 Å². The van der Waals surface area contributed by atoms with Crippen molar-refractivity contribution in [2.75, 3.05) is 20.2 Å². The van der Waals surface area contributed by atoms with Gasteiger partial charge in [0.15, 0.2) is 0 Å². The van der Waals surface area contributed by atoms with Crippen LogP contribution < -0.4 is 10.6 Å². The number of halogens is 1. The molecule has 0 radical (unpaired) electrons. The predicted octanol–water partition coefficient (Wildman–Crippen LogP) is 1.73. The van der Waals surface area contributed by atoms with Crippen LogP contribution in [0.2, 0.25) is 0 Å². The second-order valence-electron chi connectivity index (χ2n) is 5.42. The van der Waals surface area contributed by atoms with Crippen molar-refractivity contribution in [3.8, 4) is 0 Å². The summed E-state index contributed by atoms with van der Waals surface area (Å²) in [6.07, 6.45) is 3.50. The van der Waals surface area contributed by atoms with E-state index >= 15 is 0 Å². The first-order valence-corrected chi connectivity index (χ1v) is 6.58. The van der Waals surface area contributed by atoms with E-state index in [1.54, 1.807) is 7.05 Å². The summed E-state index contributed by atoms with van der Waals surface area (Å²) < 4.78 is 5.84. The number of unbranched alkanes of at least 4 members (excludes halogenated alkanes) is 1. The maximum absolute atomic E-state index is 11.5. The second kappa shape index (κ2) is 7.97. The van der Waals surface area contributed by atoms with Gasteiger partial charge in [-0.25, -0.2) is 0 Å². The smallest absolute Gasteiger partial charge is 0.234 e. The van der Waals surface area contributed by atoms with E-state index in [4.69, 9.17) is 4.74 Å². The largest absolute Gasteiger partial charge is 0.378 e. The highest BCUT2D eigenvalue weighted by Crippen LogP contribution is 2.42. The Morgan fingerprint density at radius 2 is 2.11 bits per heavy atom. The molecule has 1 fully saturated rings. The number of nitrogens with one attached hydrogen (secondary N) is 2. The molecule has 0 bridgehead atoms. The molecule has 0 aromatic rings. The number of likely N-dealkylation sites (N-methyl/N-ethyl adjacent to an activating group) is 1. The highest BCUT2D eigenvalue weighted by atomic mass is 35.5. The van der Waals surface area contributed by atoms with Gasteiger partial charge in [0.2, 0.25) is 5.91 Å². The van der Waals surface area contributed by atoms with E-state index in [0.29, 0.717) is 6.54 Å². The molecule has 1 rings (SSSR count). The minimum atomic E-state index is 0. The van der Waals surface area contributed by atoms with Gasteiger partial charge < -0.3 is 15.4 Å². The third-order valence-corrected chi connectivity index (χ3v) is 3.67. The van der Waals surface area contributed by atoms with Gasteiger partial charge in [0.05, 0.1) is 12.6 Å². The minimum Gasteiger partial charge on any atom is -0.378 e. The number of carbonyl (C=O) groups excluding carboxylic acids is 1. The highest BCUT2D eigenvalue weighted by molar-refractivity contribution is 5.85. The zero-order valence-electron chi connectivity index (χ0n) is 11.9. The van der Waals surface area contributed by atoms with Crippen LogP contribution in [0.15, 0.2) is 0 Å². The first kappa shape index (κ1) is 17.7. The average Bonchev–Trinajstić information content (AvgIpc) is 2.27. The molecular weight excluding hydrogens is 252 g/mol. The van der Waals surface area contributed by atoms with Crippen molar-refractivity contribution in [1.82, 2.24) is 10.6 Å². The molecule has 108 valence electrons. The number of rotatable bonds is 7. The Morgan fingerprint density at radius 1 is 1.44 bits per heavy atom. The molecule has 0 aromatic carbocycles. The molecule has 0 heterocycles. The zero-order chi connectivity index (χ0) is 12.9. The fourth-order valence-corrected chi connectivity index (χ4v) is 2.19. The molecule has 0 aromatic heterocycles.